The third kappa shape index (κ3) is 0.930. The van der Waals surface area contributed by atoms with E-state index in [1.807, 2.05) is 0 Å². The van der Waals surface area contributed by atoms with E-state index in [4.69, 9.17) is 33.6 Å². The molecule has 0 saturated carbocycles. The molecule has 0 fully saturated rings. The number of hydrogen-bond acceptors (Lipinski definition) is 2. The van der Waals surface area contributed by atoms with Crippen LogP contribution in [0.5, 0.6) is 11.8 Å². The predicted octanol–water partition coefficient (Wildman–Crippen LogP) is 1.55. The van der Waals surface area contributed by atoms with Gasteiger partial charge in [0.2, 0.25) is 11.8 Å². The molecule has 0 bridgehead atoms. The Balaban J connectivity index is 3.29. The first kappa shape index (κ1) is 6.58. The van der Waals surface area contributed by atoms with E-state index in [2.05, 4.69) is 0 Å². The molecule has 0 radical (unpaired) electrons. The second-order valence-corrected chi connectivity index (χ2v) is 2.20. The van der Waals surface area contributed by atoms with E-state index in [0.29, 0.717) is 4.09 Å². The first-order valence-electron chi connectivity index (χ1n) is 2.08. The average molecular weight is 168 g/mol. The molecule has 0 aliphatic heterocycles. The lowest BCUT2D eigenvalue weighted by Gasteiger charge is -1.90. The van der Waals surface area contributed by atoms with Crippen LogP contribution < -0.4 is 0 Å². The molecular weight excluding hydrogens is 165 g/mol. The quantitative estimate of drug-likeness (QED) is 0.617. The van der Waals surface area contributed by atoms with Crippen molar-refractivity contribution in [2.24, 2.45) is 0 Å². The summed E-state index contributed by atoms with van der Waals surface area (Å²) in [5, 5.41) is 17.5. The summed E-state index contributed by atoms with van der Waals surface area (Å²) in [7, 11) is 0. The predicted molar refractivity (Wildman–Crippen MR) is 34.0 cm³/mol. The van der Waals surface area contributed by atoms with Crippen LogP contribution in [0.15, 0.2) is 6.07 Å². The van der Waals surface area contributed by atoms with Crippen LogP contribution in [0.3, 0.4) is 0 Å². The van der Waals surface area contributed by atoms with Gasteiger partial charge in [-0.05, 0) is 0 Å². The molecule has 1 rings (SSSR count). The maximum absolute atomic E-state index is 8.77. The maximum atomic E-state index is 8.77. The molecule has 3 nitrogen and oxygen atoms in total. The average Bonchev–Trinajstić information content (AvgIpc) is 1.98. The molecule has 0 atom stereocenters. The van der Waals surface area contributed by atoms with Crippen molar-refractivity contribution in [3.05, 3.63) is 11.1 Å². The van der Waals surface area contributed by atoms with Crippen LogP contribution in [0, 0.1) is 0 Å². The van der Waals surface area contributed by atoms with Crippen molar-refractivity contribution in [3.8, 4) is 11.8 Å². The van der Waals surface area contributed by atoms with E-state index in [0.717, 1.165) is 6.07 Å². The monoisotopic (exact) mass is 167 g/mol. The summed E-state index contributed by atoms with van der Waals surface area (Å²) in [4.78, 5) is 0. The third-order valence-corrected chi connectivity index (χ3v) is 1.47. The molecule has 0 aliphatic rings. The van der Waals surface area contributed by atoms with Crippen molar-refractivity contribution in [1.29, 1.82) is 0 Å². The molecule has 0 unspecified atom stereocenters. The molecule has 50 valence electrons. The van der Waals surface area contributed by atoms with Crippen molar-refractivity contribution < 1.29 is 10.2 Å². The van der Waals surface area contributed by atoms with Crippen molar-refractivity contribution in [1.82, 2.24) is 4.09 Å². The highest BCUT2D eigenvalue weighted by Gasteiger charge is 2.08. The highest BCUT2D eigenvalue weighted by Crippen LogP contribution is 2.31. The van der Waals surface area contributed by atoms with Crippen molar-refractivity contribution >= 4 is 23.4 Å². The normalized spacial score (nSPS) is 10.0. The standard InChI is InChI=1S/C4H3Cl2NO2/c5-2-1-3(8)7(6)4(2)9/h1,8-9H. The third-order valence-electron chi connectivity index (χ3n) is 0.857. The largest absolute Gasteiger partial charge is 0.493 e. The van der Waals surface area contributed by atoms with Crippen LogP contribution in [0.4, 0.5) is 0 Å². The van der Waals surface area contributed by atoms with Gasteiger partial charge in [0.05, 0.1) is 0 Å². The van der Waals surface area contributed by atoms with E-state index in [1.165, 1.54) is 0 Å². The zero-order valence-corrected chi connectivity index (χ0v) is 5.69. The summed E-state index contributed by atoms with van der Waals surface area (Å²) in [6.07, 6.45) is 0. The Hall–Kier alpha value is -0.540. The van der Waals surface area contributed by atoms with Gasteiger partial charge >= 0.3 is 0 Å². The van der Waals surface area contributed by atoms with Gasteiger partial charge < -0.3 is 10.2 Å². The molecule has 5 heteroatoms. The second kappa shape index (κ2) is 2.01. The van der Waals surface area contributed by atoms with Crippen LogP contribution in [0.1, 0.15) is 0 Å². The molecule has 0 aromatic carbocycles. The van der Waals surface area contributed by atoms with E-state index < -0.39 is 0 Å². The minimum atomic E-state index is -0.351. The summed E-state index contributed by atoms with van der Waals surface area (Å²) in [6.45, 7) is 0. The number of rotatable bonds is 0. The zero-order chi connectivity index (χ0) is 7.02. The molecule has 0 spiro atoms. The number of aromatic nitrogens is 1. The summed E-state index contributed by atoms with van der Waals surface area (Å²) in [5.74, 6) is -0.630. The van der Waals surface area contributed by atoms with E-state index >= 15 is 0 Å². The topological polar surface area (TPSA) is 45.4 Å². The van der Waals surface area contributed by atoms with Crippen molar-refractivity contribution in [3.63, 3.8) is 0 Å². The first-order chi connectivity index (χ1) is 4.13. The summed E-state index contributed by atoms with van der Waals surface area (Å²) in [5.41, 5.74) is 0. The summed E-state index contributed by atoms with van der Waals surface area (Å²) >= 11 is 10.6. The SMILES string of the molecule is Oc1cc(Cl)c(O)n1Cl. The van der Waals surface area contributed by atoms with Gasteiger partial charge in [-0.2, -0.15) is 4.09 Å². The van der Waals surface area contributed by atoms with E-state index in [9.17, 15) is 0 Å². The van der Waals surface area contributed by atoms with Crippen LogP contribution in [0.25, 0.3) is 0 Å². The fourth-order valence-corrected chi connectivity index (χ4v) is 0.802. The molecule has 1 heterocycles. The maximum Gasteiger partial charge on any atom is 0.228 e. The molecule has 9 heavy (non-hydrogen) atoms. The number of aromatic hydroxyl groups is 2. The van der Waals surface area contributed by atoms with Crippen LogP contribution in [-0.4, -0.2) is 14.3 Å². The highest BCUT2D eigenvalue weighted by atomic mass is 35.5. The van der Waals surface area contributed by atoms with Gasteiger partial charge in [-0.25, -0.2) is 0 Å². The minimum Gasteiger partial charge on any atom is -0.493 e. The number of hydrogen-bond donors (Lipinski definition) is 2. The molecule has 1 aromatic heterocycles. The Morgan fingerprint density at radius 2 is 2.00 bits per heavy atom. The Morgan fingerprint density at radius 1 is 1.44 bits per heavy atom. The van der Waals surface area contributed by atoms with Gasteiger partial charge in [-0.15, -0.1) is 0 Å². The lowest BCUT2D eigenvalue weighted by Crippen LogP contribution is -1.74. The van der Waals surface area contributed by atoms with Crippen LogP contribution in [-0.2, 0) is 0 Å². The fourth-order valence-electron chi connectivity index (χ4n) is 0.437. The Kier molecular flexibility index (Phi) is 1.47. The van der Waals surface area contributed by atoms with Gasteiger partial charge in [0.1, 0.15) is 5.02 Å². The minimum absolute atomic E-state index is 0.0301. The molecular formula is C4H3Cl2NO2. The van der Waals surface area contributed by atoms with Gasteiger partial charge in [-0.1, -0.05) is 11.6 Å². The van der Waals surface area contributed by atoms with E-state index in [1.54, 1.807) is 0 Å². The van der Waals surface area contributed by atoms with Gasteiger partial charge in [-0.3, -0.25) is 0 Å². The van der Waals surface area contributed by atoms with E-state index in [-0.39, 0.29) is 16.8 Å². The molecule has 0 amide bonds. The number of halogens is 2. The first-order valence-corrected chi connectivity index (χ1v) is 2.80. The zero-order valence-electron chi connectivity index (χ0n) is 4.17. The van der Waals surface area contributed by atoms with Gasteiger partial charge in [0, 0.05) is 17.8 Å². The molecule has 0 aliphatic carbocycles. The Labute approximate surface area is 61.2 Å². The van der Waals surface area contributed by atoms with Gasteiger partial charge in [0.15, 0.2) is 0 Å². The smallest absolute Gasteiger partial charge is 0.228 e. The fraction of sp³-hybridized carbons (Fsp3) is 0. The van der Waals surface area contributed by atoms with Crippen LogP contribution >= 0.6 is 23.4 Å². The molecule has 0 saturated heterocycles. The van der Waals surface area contributed by atoms with Crippen molar-refractivity contribution in [2.45, 2.75) is 0 Å². The van der Waals surface area contributed by atoms with Crippen molar-refractivity contribution in [2.75, 3.05) is 0 Å². The van der Waals surface area contributed by atoms with Gasteiger partial charge in [0.25, 0.3) is 0 Å². The highest BCUT2D eigenvalue weighted by molar-refractivity contribution is 6.33. The lowest BCUT2D eigenvalue weighted by molar-refractivity contribution is 0.414. The summed E-state index contributed by atoms with van der Waals surface area (Å²) in [6, 6.07) is 1.14. The van der Waals surface area contributed by atoms with Crippen LogP contribution in [0.2, 0.25) is 5.02 Å². The molecule has 1 aromatic rings. The Bertz CT molecular complexity index is 210. The Morgan fingerprint density at radius 3 is 2.11 bits per heavy atom. The second-order valence-electron chi connectivity index (χ2n) is 1.45. The molecule has 2 N–H and O–H groups in total. The lowest BCUT2D eigenvalue weighted by atomic mass is 10.6. The number of nitrogens with zero attached hydrogens (tertiary/aromatic N) is 1. The summed E-state index contributed by atoms with van der Waals surface area (Å²) < 4.78 is 0.655.